The minimum atomic E-state index is 0.369. The first kappa shape index (κ1) is 14.1. The monoisotopic (exact) mass is 326 g/mol. The minimum absolute atomic E-state index is 0.369. The number of benzene rings is 2. The second-order valence-corrected chi connectivity index (χ2v) is 5.21. The summed E-state index contributed by atoms with van der Waals surface area (Å²) in [7, 11) is 0. The molecule has 0 bridgehead atoms. The fraction of sp³-hybridized carbons (Fsp3) is 0.125. The number of halogens is 1. The molecule has 0 atom stereocenters. The molecule has 2 rings (SSSR count). The molecule has 0 N–H and O–H groups in total. The first-order valence-corrected chi connectivity index (χ1v) is 6.75. The molecule has 2 aromatic carbocycles. The molecule has 0 saturated heterocycles. The van der Waals surface area contributed by atoms with Crippen molar-refractivity contribution in [1.29, 1.82) is 10.5 Å². The molecule has 0 amide bonds. The van der Waals surface area contributed by atoms with Crippen molar-refractivity contribution in [2.24, 2.45) is 0 Å². The van der Waals surface area contributed by atoms with Gasteiger partial charge in [-0.25, -0.2) is 0 Å². The van der Waals surface area contributed by atoms with Crippen LogP contribution in [0.2, 0.25) is 0 Å². The minimum Gasteiger partial charge on any atom is -0.488 e. The van der Waals surface area contributed by atoms with Crippen molar-refractivity contribution >= 4 is 15.9 Å². The summed E-state index contributed by atoms with van der Waals surface area (Å²) in [5.74, 6) is 0.555. The van der Waals surface area contributed by atoms with Crippen LogP contribution in [0.15, 0.2) is 40.9 Å². The average molecular weight is 327 g/mol. The molecule has 20 heavy (non-hydrogen) atoms. The Morgan fingerprint density at radius 2 is 1.90 bits per heavy atom. The third-order valence-corrected chi connectivity index (χ3v) is 3.41. The predicted molar refractivity (Wildman–Crippen MR) is 79.1 cm³/mol. The van der Waals surface area contributed by atoms with Gasteiger partial charge in [0.05, 0.1) is 17.2 Å². The van der Waals surface area contributed by atoms with Gasteiger partial charge < -0.3 is 4.74 Å². The molecule has 98 valence electrons. The number of nitrogens with zero attached hydrogens (tertiary/aromatic N) is 2. The number of hydrogen-bond donors (Lipinski definition) is 0. The molecule has 0 spiro atoms. The van der Waals surface area contributed by atoms with E-state index in [0.717, 1.165) is 15.6 Å². The zero-order valence-corrected chi connectivity index (χ0v) is 12.4. The smallest absolute Gasteiger partial charge is 0.137 e. The SMILES string of the molecule is Cc1cc(C#N)ccc1COc1ccc(Br)cc1C#N. The van der Waals surface area contributed by atoms with Crippen LogP contribution in [-0.2, 0) is 6.61 Å². The summed E-state index contributed by atoms with van der Waals surface area (Å²) in [6, 6.07) is 15.0. The van der Waals surface area contributed by atoms with Gasteiger partial charge in [-0.05, 0) is 48.4 Å². The van der Waals surface area contributed by atoms with Crippen molar-refractivity contribution in [3.63, 3.8) is 0 Å². The predicted octanol–water partition coefficient (Wildman–Crippen LogP) is 4.08. The molecule has 0 aliphatic carbocycles. The quantitative estimate of drug-likeness (QED) is 0.853. The van der Waals surface area contributed by atoms with Gasteiger partial charge in [-0.15, -0.1) is 0 Å². The molecule has 2 aromatic rings. The topological polar surface area (TPSA) is 56.8 Å². The van der Waals surface area contributed by atoms with Crippen LogP contribution in [-0.4, -0.2) is 0 Å². The Hall–Kier alpha value is -2.30. The summed E-state index contributed by atoms with van der Waals surface area (Å²) in [6.07, 6.45) is 0. The van der Waals surface area contributed by atoms with Crippen LogP contribution >= 0.6 is 15.9 Å². The number of rotatable bonds is 3. The molecule has 0 aromatic heterocycles. The van der Waals surface area contributed by atoms with E-state index in [1.807, 2.05) is 25.1 Å². The van der Waals surface area contributed by atoms with Gasteiger partial charge >= 0.3 is 0 Å². The first-order valence-electron chi connectivity index (χ1n) is 5.96. The van der Waals surface area contributed by atoms with E-state index in [-0.39, 0.29) is 0 Å². The van der Waals surface area contributed by atoms with Crippen molar-refractivity contribution < 1.29 is 4.74 Å². The summed E-state index contributed by atoms with van der Waals surface area (Å²) in [4.78, 5) is 0. The van der Waals surface area contributed by atoms with Crippen LogP contribution < -0.4 is 4.74 Å². The van der Waals surface area contributed by atoms with Gasteiger partial charge in [0.15, 0.2) is 0 Å². The van der Waals surface area contributed by atoms with Crippen LogP contribution in [0, 0.1) is 29.6 Å². The van der Waals surface area contributed by atoms with Gasteiger partial charge in [-0.1, -0.05) is 22.0 Å². The molecule has 0 saturated carbocycles. The van der Waals surface area contributed by atoms with Crippen LogP contribution in [0.5, 0.6) is 5.75 Å². The van der Waals surface area contributed by atoms with Gasteiger partial charge in [-0.3, -0.25) is 0 Å². The molecule has 0 aliphatic heterocycles. The molecular formula is C16H11BrN2O. The lowest BCUT2D eigenvalue weighted by Crippen LogP contribution is -1.99. The summed E-state index contributed by atoms with van der Waals surface area (Å²) >= 11 is 3.32. The third-order valence-electron chi connectivity index (χ3n) is 2.92. The Morgan fingerprint density at radius 1 is 1.10 bits per heavy atom. The highest BCUT2D eigenvalue weighted by atomic mass is 79.9. The summed E-state index contributed by atoms with van der Waals surface area (Å²) < 4.78 is 6.54. The lowest BCUT2D eigenvalue weighted by atomic mass is 10.1. The van der Waals surface area contributed by atoms with E-state index in [2.05, 4.69) is 28.1 Å². The van der Waals surface area contributed by atoms with Crippen molar-refractivity contribution in [3.8, 4) is 17.9 Å². The highest BCUT2D eigenvalue weighted by Gasteiger charge is 2.06. The molecule has 0 unspecified atom stereocenters. The number of ether oxygens (including phenoxy) is 1. The number of nitriles is 2. The highest BCUT2D eigenvalue weighted by Crippen LogP contribution is 2.23. The fourth-order valence-corrected chi connectivity index (χ4v) is 2.16. The van der Waals surface area contributed by atoms with E-state index >= 15 is 0 Å². The first-order chi connectivity index (χ1) is 9.63. The van der Waals surface area contributed by atoms with Gasteiger partial charge in [-0.2, -0.15) is 10.5 Å². The summed E-state index contributed by atoms with van der Waals surface area (Å²) in [5, 5.41) is 17.9. The lowest BCUT2D eigenvalue weighted by molar-refractivity contribution is 0.304. The standard InChI is InChI=1S/C16H11BrN2O/c1-11-6-12(8-18)2-3-13(11)10-20-16-5-4-15(17)7-14(16)9-19/h2-7H,10H2,1H3. The summed E-state index contributed by atoms with van der Waals surface area (Å²) in [6.45, 7) is 2.31. The van der Waals surface area contributed by atoms with Crippen molar-refractivity contribution in [2.45, 2.75) is 13.5 Å². The van der Waals surface area contributed by atoms with Gasteiger partial charge in [0.25, 0.3) is 0 Å². The Bertz CT molecular complexity index is 726. The van der Waals surface area contributed by atoms with Gasteiger partial charge in [0.2, 0.25) is 0 Å². The van der Waals surface area contributed by atoms with E-state index in [4.69, 9.17) is 15.3 Å². The maximum atomic E-state index is 9.08. The van der Waals surface area contributed by atoms with E-state index in [9.17, 15) is 0 Å². The average Bonchev–Trinajstić information content (AvgIpc) is 2.46. The van der Waals surface area contributed by atoms with Crippen molar-refractivity contribution in [3.05, 3.63) is 63.1 Å². The van der Waals surface area contributed by atoms with Gasteiger partial charge in [0.1, 0.15) is 18.4 Å². The Balaban J connectivity index is 2.18. The normalized spacial score (nSPS) is 9.60. The largest absolute Gasteiger partial charge is 0.488 e. The van der Waals surface area contributed by atoms with E-state index in [1.54, 1.807) is 18.2 Å². The Kier molecular flexibility index (Phi) is 4.40. The molecule has 0 fully saturated rings. The lowest BCUT2D eigenvalue weighted by Gasteiger charge is -2.10. The Morgan fingerprint density at radius 3 is 2.55 bits per heavy atom. The van der Waals surface area contributed by atoms with Crippen LogP contribution in [0.1, 0.15) is 22.3 Å². The second kappa shape index (κ2) is 6.23. The maximum absolute atomic E-state index is 9.08. The number of aryl methyl sites for hydroxylation is 1. The van der Waals surface area contributed by atoms with Crippen molar-refractivity contribution in [2.75, 3.05) is 0 Å². The zero-order valence-electron chi connectivity index (χ0n) is 10.9. The highest BCUT2D eigenvalue weighted by molar-refractivity contribution is 9.10. The van der Waals surface area contributed by atoms with E-state index in [0.29, 0.717) is 23.5 Å². The summed E-state index contributed by atoms with van der Waals surface area (Å²) in [5.41, 5.74) is 3.12. The third kappa shape index (κ3) is 3.17. The molecule has 0 radical (unpaired) electrons. The Labute approximate surface area is 126 Å². The van der Waals surface area contributed by atoms with Crippen LogP contribution in [0.3, 0.4) is 0 Å². The molecule has 0 aliphatic rings. The van der Waals surface area contributed by atoms with Gasteiger partial charge in [0, 0.05) is 4.47 Å². The van der Waals surface area contributed by atoms with Crippen molar-refractivity contribution in [1.82, 2.24) is 0 Å². The zero-order chi connectivity index (χ0) is 14.5. The van der Waals surface area contributed by atoms with E-state index < -0.39 is 0 Å². The molecular weight excluding hydrogens is 316 g/mol. The fourth-order valence-electron chi connectivity index (χ4n) is 1.80. The molecule has 0 heterocycles. The maximum Gasteiger partial charge on any atom is 0.137 e. The van der Waals surface area contributed by atoms with Crippen LogP contribution in [0.25, 0.3) is 0 Å². The van der Waals surface area contributed by atoms with Crippen LogP contribution in [0.4, 0.5) is 0 Å². The second-order valence-electron chi connectivity index (χ2n) is 4.29. The number of hydrogen-bond acceptors (Lipinski definition) is 3. The van der Waals surface area contributed by atoms with E-state index in [1.165, 1.54) is 0 Å². The molecule has 3 nitrogen and oxygen atoms in total. The molecule has 4 heteroatoms.